The van der Waals surface area contributed by atoms with Gasteiger partial charge < -0.3 is 22.5 Å². The van der Waals surface area contributed by atoms with Crippen molar-refractivity contribution in [2.24, 2.45) is 5.73 Å². The van der Waals surface area contributed by atoms with Gasteiger partial charge in [-0.2, -0.15) is 0 Å². The summed E-state index contributed by atoms with van der Waals surface area (Å²) < 4.78 is 38.1. The zero-order valence-electron chi connectivity index (χ0n) is 47.0. The number of benzene rings is 4. The molecule has 6 aromatic rings. The molecule has 2 N–H and O–H groups in total. The average Bonchev–Trinajstić information content (AvgIpc) is 3.43. The number of rotatable bonds is 4. The topological polar surface area (TPSA) is 97.0 Å². The molecule has 376 valence electrons. The third-order valence-corrected chi connectivity index (χ3v) is 14.8. The summed E-state index contributed by atoms with van der Waals surface area (Å²) in [6, 6.07) is 18.4. The van der Waals surface area contributed by atoms with Crippen molar-refractivity contribution in [2.45, 2.75) is 209 Å². The third-order valence-electron chi connectivity index (χ3n) is 12.8. The van der Waals surface area contributed by atoms with Gasteiger partial charge in [0, 0.05) is 50.3 Å². The molecule has 0 aliphatic rings. The first-order valence-corrected chi connectivity index (χ1v) is 26.8. The lowest BCUT2D eigenvalue weighted by atomic mass is 9.77. The second-order valence-electron chi connectivity index (χ2n) is 27.2. The van der Waals surface area contributed by atoms with Crippen LogP contribution in [0.2, 0.25) is 0 Å². The second kappa shape index (κ2) is 19.0. The molecule has 0 amide bonds. The Hall–Kier alpha value is -3.44. The number of fused-ring (bicyclic) bond motifs is 6. The van der Waals surface area contributed by atoms with E-state index in [4.69, 9.17) is 31.6 Å². The Kier molecular flexibility index (Phi) is 15.5. The molecule has 2 heterocycles. The van der Waals surface area contributed by atoms with E-state index in [0.717, 1.165) is 43.9 Å². The van der Waals surface area contributed by atoms with Crippen LogP contribution in [-0.4, -0.2) is 20.3 Å². The van der Waals surface area contributed by atoms with Crippen molar-refractivity contribution in [3.05, 3.63) is 93.0 Å². The van der Waals surface area contributed by atoms with E-state index in [2.05, 4.69) is 215 Å². The van der Waals surface area contributed by atoms with Gasteiger partial charge in [0.1, 0.15) is 22.3 Å². The van der Waals surface area contributed by atoms with Crippen LogP contribution in [-0.2, 0) is 43.3 Å². The highest BCUT2D eigenvalue weighted by molar-refractivity contribution is 7.32. The zero-order valence-corrected chi connectivity index (χ0v) is 48.7. The molecule has 0 atom stereocenters. The molecule has 7 nitrogen and oxygen atoms in total. The van der Waals surface area contributed by atoms with Gasteiger partial charge in [0.05, 0.1) is 13.7 Å². The van der Waals surface area contributed by atoms with Gasteiger partial charge in [0.25, 0.3) is 0 Å². The van der Waals surface area contributed by atoms with Crippen LogP contribution in [0.25, 0.3) is 43.9 Å². The fourth-order valence-corrected chi connectivity index (χ4v) is 10.2. The molecule has 0 spiro atoms. The van der Waals surface area contributed by atoms with Crippen molar-refractivity contribution in [3.63, 3.8) is 0 Å². The standard InChI is InChI=1S/C30H46NO3P.C29H43O3P/c1-27(2,3)19-15-21-22-16-20(28(4,5)6)18-24(30(10,11)12)26(22)34-35(32-14-13-31)33-25(21)23(17-19)29(7,8)9;1-26(2,3)18-14-20-21-15-19(27(4,5)6)17-23(29(10,11)12)25(21)32-33(30-13)31-24(20)22(16-18)28(7,8)9/h15-18H,13-14,31H2,1-12H3;14-17H,1-13H3. The van der Waals surface area contributed by atoms with Gasteiger partial charge in [-0.3, -0.25) is 9.05 Å². The van der Waals surface area contributed by atoms with Crippen molar-refractivity contribution >= 4 is 60.4 Å². The molecule has 0 aliphatic carbocycles. The second-order valence-corrected chi connectivity index (χ2v) is 29.5. The van der Waals surface area contributed by atoms with Crippen LogP contribution in [0.1, 0.15) is 211 Å². The smallest absolute Gasteiger partial charge is 0.387 e. The van der Waals surface area contributed by atoms with Gasteiger partial charge in [-0.25, -0.2) is 0 Å². The molecule has 0 bridgehead atoms. The van der Waals surface area contributed by atoms with Crippen LogP contribution in [0, 0.1) is 0 Å². The first-order valence-electron chi connectivity index (χ1n) is 24.6. The molecule has 0 unspecified atom stereocenters. The minimum Gasteiger partial charge on any atom is -0.399 e. The molecule has 0 fully saturated rings. The van der Waals surface area contributed by atoms with Gasteiger partial charge in [-0.1, -0.05) is 190 Å². The van der Waals surface area contributed by atoms with E-state index in [-0.39, 0.29) is 43.3 Å². The maximum Gasteiger partial charge on any atom is 0.387 e. The van der Waals surface area contributed by atoms with E-state index in [1.54, 1.807) is 7.11 Å². The Morgan fingerprint density at radius 2 is 0.574 bits per heavy atom. The fourth-order valence-electron chi connectivity index (χ4n) is 8.26. The molecule has 0 aliphatic heterocycles. The van der Waals surface area contributed by atoms with Crippen molar-refractivity contribution in [1.82, 2.24) is 0 Å². The molecular weight excluding hydrogens is 881 g/mol. The molecule has 0 saturated heterocycles. The summed E-state index contributed by atoms with van der Waals surface area (Å²) in [6.45, 7) is 54.9. The highest BCUT2D eigenvalue weighted by Gasteiger charge is 2.31. The van der Waals surface area contributed by atoms with E-state index >= 15 is 0 Å². The Balaban J connectivity index is 0.000000255. The Morgan fingerprint density at radius 3 is 0.750 bits per heavy atom. The lowest BCUT2D eigenvalue weighted by Crippen LogP contribution is -2.17. The summed E-state index contributed by atoms with van der Waals surface area (Å²) in [5.74, 6) is 0. The summed E-state index contributed by atoms with van der Waals surface area (Å²) in [4.78, 5) is 0. The summed E-state index contributed by atoms with van der Waals surface area (Å²) >= 11 is 0. The van der Waals surface area contributed by atoms with Crippen molar-refractivity contribution in [2.75, 3.05) is 20.3 Å². The molecule has 4 aromatic carbocycles. The average molecular weight is 970 g/mol. The summed E-state index contributed by atoms with van der Waals surface area (Å²) in [5.41, 5.74) is 18.6. The lowest BCUT2D eigenvalue weighted by Gasteiger charge is -2.27. The number of hydrogen-bond acceptors (Lipinski definition) is 7. The quantitative estimate of drug-likeness (QED) is 0.188. The zero-order chi connectivity index (χ0) is 51.7. The SMILES string of the molecule is CC(C)(C)c1cc(C(C)(C)C)c2op(OCCN)oc3c(C(C)(C)C)cc(C(C)(C)C)cc3c2c1.COp1oc2c(C(C)(C)C)cc(C(C)(C)C)cc2c2cc(C(C)(C)C)cc(C(C)(C)C)c2o1. The van der Waals surface area contributed by atoms with Gasteiger partial charge in [-0.15, -0.1) is 0 Å². The van der Waals surface area contributed by atoms with Crippen molar-refractivity contribution < 1.29 is 25.8 Å². The molecule has 0 radical (unpaired) electrons. The summed E-state index contributed by atoms with van der Waals surface area (Å²) in [5, 5.41) is 4.35. The minimum atomic E-state index is -1.66. The van der Waals surface area contributed by atoms with Crippen LogP contribution in [0.3, 0.4) is 0 Å². The highest BCUT2D eigenvalue weighted by Crippen LogP contribution is 2.47. The van der Waals surface area contributed by atoms with Crippen molar-refractivity contribution in [1.29, 1.82) is 0 Å². The van der Waals surface area contributed by atoms with E-state index in [0.29, 0.717) is 13.2 Å². The first-order chi connectivity index (χ1) is 30.7. The monoisotopic (exact) mass is 970 g/mol. The van der Waals surface area contributed by atoms with E-state index < -0.39 is 16.5 Å². The van der Waals surface area contributed by atoms with Gasteiger partial charge in [0.15, 0.2) is 0 Å². The number of nitrogens with two attached hydrogens (primary N) is 1. The van der Waals surface area contributed by atoms with Crippen LogP contribution in [0.15, 0.2) is 65.3 Å². The van der Waals surface area contributed by atoms with E-state index in [9.17, 15) is 0 Å². The molecular formula is C59H89NO6P2. The van der Waals surface area contributed by atoms with Crippen LogP contribution in [0.4, 0.5) is 0 Å². The molecule has 0 saturated carbocycles. The van der Waals surface area contributed by atoms with Gasteiger partial charge in [0.2, 0.25) is 0 Å². The predicted octanol–water partition coefficient (Wildman–Crippen LogP) is 18.4. The molecule has 9 heteroatoms. The molecule has 68 heavy (non-hydrogen) atoms. The Bertz CT molecular complexity index is 2690. The third kappa shape index (κ3) is 12.3. The van der Waals surface area contributed by atoms with Gasteiger partial charge in [-0.05, 0) is 89.8 Å². The first kappa shape index (κ1) is 55.5. The fraction of sp³-hybridized carbons (Fsp3) is 0.593. The molecule has 2 aromatic heterocycles. The van der Waals surface area contributed by atoms with Crippen LogP contribution < -0.4 is 14.8 Å². The Labute approximate surface area is 413 Å². The lowest BCUT2D eigenvalue weighted by molar-refractivity contribution is 0.380. The Morgan fingerprint density at radius 1 is 0.353 bits per heavy atom. The number of hydrogen-bond donors (Lipinski definition) is 1. The largest absolute Gasteiger partial charge is 0.399 e. The van der Waals surface area contributed by atoms with Crippen molar-refractivity contribution in [3.8, 4) is 0 Å². The highest BCUT2D eigenvalue weighted by atomic mass is 31.1. The van der Waals surface area contributed by atoms with Gasteiger partial charge >= 0.3 is 16.5 Å². The van der Waals surface area contributed by atoms with E-state index in [1.165, 1.54) is 44.5 Å². The summed E-state index contributed by atoms with van der Waals surface area (Å²) in [6.07, 6.45) is 0. The van der Waals surface area contributed by atoms with Crippen LogP contribution in [0.5, 0.6) is 0 Å². The molecule has 6 rings (SSSR count). The predicted molar refractivity (Wildman–Crippen MR) is 295 cm³/mol. The maximum atomic E-state index is 6.62. The minimum absolute atomic E-state index is 0.00282. The maximum absolute atomic E-state index is 6.62. The van der Waals surface area contributed by atoms with E-state index in [1.807, 2.05) is 0 Å². The normalized spacial score (nSPS) is 13.7. The van der Waals surface area contributed by atoms with Crippen LogP contribution >= 0.6 is 16.5 Å². The summed E-state index contributed by atoms with van der Waals surface area (Å²) in [7, 11) is -1.57.